The molecule has 1 heterocycles. The summed E-state index contributed by atoms with van der Waals surface area (Å²) in [6.45, 7) is 0. The van der Waals surface area contributed by atoms with E-state index in [0.29, 0.717) is 5.37 Å². The molecular formula is C5H11NS. The number of thioether (sulfide) groups is 1. The Kier molecular flexibility index (Phi) is 2.00. The van der Waals surface area contributed by atoms with E-state index >= 15 is 0 Å². The van der Waals surface area contributed by atoms with Crippen molar-refractivity contribution in [3.8, 4) is 0 Å². The number of hydrogen-bond acceptors (Lipinski definition) is 2. The first-order chi connectivity index (χ1) is 3.39. The topological polar surface area (TPSA) is 26.0 Å². The zero-order valence-corrected chi connectivity index (χ0v) is 5.21. The minimum absolute atomic E-state index is 0.453. The number of hydrogen-bond donors (Lipinski definition) is 1. The van der Waals surface area contributed by atoms with Crippen LogP contribution in [0.2, 0.25) is 0 Å². The van der Waals surface area contributed by atoms with Gasteiger partial charge in [0.1, 0.15) is 0 Å². The Morgan fingerprint density at radius 3 is 2.57 bits per heavy atom. The Balaban J connectivity index is 2.12. The lowest BCUT2D eigenvalue weighted by Crippen LogP contribution is -2.18. The first kappa shape index (κ1) is 5.45. The fourth-order valence-corrected chi connectivity index (χ4v) is 1.77. The first-order valence-corrected chi connectivity index (χ1v) is 3.81. The molecule has 1 saturated heterocycles. The van der Waals surface area contributed by atoms with Crippen LogP contribution < -0.4 is 5.73 Å². The van der Waals surface area contributed by atoms with Gasteiger partial charge in [-0.25, -0.2) is 0 Å². The highest BCUT2D eigenvalue weighted by molar-refractivity contribution is 7.99. The van der Waals surface area contributed by atoms with Crippen LogP contribution in [0.3, 0.4) is 0 Å². The molecule has 0 saturated carbocycles. The van der Waals surface area contributed by atoms with E-state index in [2.05, 4.69) is 0 Å². The van der Waals surface area contributed by atoms with Crippen LogP contribution in [0.5, 0.6) is 0 Å². The summed E-state index contributed by atoms with van der Waals surface area (Å²) in [4.78, 5) is 0. The van der Waals surface area contributed by atoms with Crippen LogP contribution in [0.1, 0.15) is 19.3 Å². The molecule has 0 bridgehead atoms. The Labute approximate surface area is 48.7 Å². The van der Waals surface area contributed by atoms with Crippen LogP contribution in [-0.2, 0) is 0 Å². The van der Waals surface area contributed by atoms with Gasteiger partial charge in [0.15, 0.2) is 0 Å². The lowest BCUT2D eigenvalue weighted by atomic mass is 10.2. The SMILES string of the molecule is NC1CCCCS1. The Morgan fingerprint density at radius 2 is 2.29 bits per heavy atom. The summed E-state index contributed by atoms with van der Waals surface area (Å²) in [7, 11) is 0. The largest absolute Gasteiger partial charge is 0.319 e. The van der Waals surface area contributed by atoms with Crippen LogP contribution in [0.25, 0.3) is 0 Å². The molecular weight excluding hydrogens is 106 g/mol. The molecule has 1 atom stereocenters. The average Bonchev–Trinajstić information content (AvgIpc) is 1.69. The number of nitrogens with two attached hydrogens (primary N) is 1. The second-order valence-corrected chi connectivity index (χ2v) is 3.25. The molecule has 7 heavy (non-hydrogen) atoms. The Hall–Kier alpha value is 0.310. The van der Waals surface area contributed by atoms with Crippen LogP contribution in [0.15, 0.2) is 0 Å². The molecule has 0 amide bonds. The third kappa shape index (κ3) is 1.70. The van der Waals surface area contributed by atoms with Crippen molar-refractivity contribution in [1.29, 1.82) is 0 Å². The third-order valence-electron chi connectivity index (χ3n) is 1.21. The maximum atomic E-state index is 5.60. The zero-order chi connectivity index (χ0) is 5.11. The van der Waals surface area contributed by atoms with Gasteiger partial charge in [-0.05, 0) is 18.6 Å². The van der Waals surface area contributed by atoms with Crippen LogP contribution in [0.4, 0.5) is 0 Å². The molecule has 42 valence electrons. The highest BCUT2D eigenvalue weighted by Crippen LogP contribution is 2.20. The predicted octanol–water partition coefficient (Wildman–Crippen LogP) is 1.19. The summed E-state index contributed by atoms with van der Waals surface area (Å²) >= 11 is 1.90. The molecule has 0 aromatic rings. The predicted molar refractivity (Wildman–Crippen MR) is 34.3 cm³/mol. The van der Waals surface area contributed by atoms with Crippen molar-refractivity contribution < 1.29 is 0 Å². The molecule has 1 fully saturated rings. The van der Waals surface area contributed by atoms with E-state index in [-0.39, 0.29) is 0 Å². The minimum Gasteiger partial charge on any atom is -0.319 e. The summed E-state index contributed by atoms with van der Waals surface area (Å²) in [5.74, 6) is 1.28. The fraction of sp³-hybridized carbons (Fsp3) is 1.00. The van der Waals surface area contributed by atoms with Crippen molar-refractivity contribution in [3.05, 3.63) is 0 Å². The van der Waals surface area contributed by atoms with Crippen LogP contribution >= 0.6 is 11.8 Å². The molecule has 1 nitrogen and oxygen atoms in total. The Morgan fingerprint density at radius 1 is 1.43 bits per heavy atom. The van der Waals surface area contributed by atoms with E-state index in [1.807, 2.05) is 11.8 Å². The van der Waals surface area contributed by atoms with Gasteiger partial charge in [0.2, 0.25) is 0 Å². The molecule has 0 radical (unpaired) electrons. The molecule has 1 rings (SSSR count). The van der Waals surface area contributed by atoms with E-state index in [1.54, 1.807) is 0 Å². The van der Waals surface area contributed by atoms with Crippen molar-refractivity contribution in [2.24, 2.45) is 5.73 Å². The normalized spacial score (nSPS) is 33.0. The molecule has 0 spiro atoms. The van der Waals surface area contributed by atoms with Gasteiger partial charge in [-0.2, -0.15) is 0 Å². The highest BCUT2D eigenvalue weighted by atomic mass is 32.2. The van der Waals surface area contributed by atoms with Gasteiger partial charge in [-0.15, -0.1) is 11.8 Å². The summed E-state index contributed by atoms with van der Waals surface area (Å²) in [5, 5.41) is 0.453. The first-order valence-electron chi connectivity index (χ1n) is 2.77. The maximum Gasteiger partial charge on any atom is 0.0507 e. The third-order valence-corrected chi connectivity index (χ3v) is 2.40. The van der Waals surface area contributed by atoms with Gasteiger partial charge in [0.05, 0.1) is 5.37 Å². The van der Waals surface area contributed by atoms with E-state index in [0.717, 1.165) is 0 Å². The van der Waals surface area contributed by atoms with Gasteiger partial charge >= 0.3 is 0 Å². The molecule has 0 aliphatic carbocycles. The van der Waals surface area contributed by atoms with Crippen molar-refractivity contribution in [1.82, 2.24) is 0 Å². The molecule has 0 aromatic heterocycles. The smallest absolute Gasteiger partial charge is 0.0507 e. The average molecular weight is 117 g/mol. The fourth-order valence-electron chi connectivity index (χ4n) is 0.766. The molecule has 2 heteroatoms. The van der Waals surface area contributed by atoms with E-state index in [4.69, 9.17) is 5.73 Å². The lowest BCUT2D eigenvalue weighted by Gasteiger charge is -2.15. The summed E-state index contributed by atoms with van der Waals surface area (Å²) in [6.07, 6.45) is 3.94. The molecule has 1 unspecified atom stereocenters. The monoisotopic (exact) mass is 117 g/mol. The summed E-state index contributed by atoms with van der Waals surface area (Å²) < 4.78 is 0. The van der Waals surface area contributed by atoms with Gasteiger partial charge in [0, 0.05) is 0 Å². The number of rotatable bonds is 0. The summed E-state index contributed by atoms with van der Waals surface area (Å²) in [6, 6.07) is 0. The van der Waals surface area contributed by atoms with E-state index < -0.39 is 0 Å². The standard InChI is InChI=1S/C5H11NS/c6-5-3-1-2-4-7-5/h5H,1-4,6H2. The second kappa shape index (κ2) is 2.58. The van der Waals surface area contributed by atoms with Gasteiger partial charge in [0.25, 0.3) is 0 Å². The lowest BCUT2D eigenvalue weighted by molar-refractivity contribution is 0.679. The minimum atomic E-state index is 0.453. The van der Waals surface area contributed by atoms with Crippen molar-refractivity contribution in [2.45, 2.75) is 24.6 Å². The molecule has 1 aliphatic heterocycles. The highest BCUT2D eigenvalue weighted by Gasteiger charge is 2.06. The van der Waals surface area contributed by atoms with E-state index in [1.165, 1.54) is 25.0 Å². The molecule has 1 aliphatic rings. The zero-order valence-electron chi connectivity index (χ0n) is 4.39. The van der Waals surface area contributed by atoms with Crippen LogP contribution in [-0.4, -0.2) is 11.1 Å². The maximum absolute atomic E-state index is 5.60. The van der Waals surface area contributed by atoms with Gasteiger partial charge in [-0.1, -0.05) is 6.42 Å². The van der Waals surface area contributed by atoms with Crippen LogP contribution in [0, 0.1) is 0 Å². The van der Waals surface area contributed by atoms with Crippen molar-refractivity contribution >= 4 is 11.8 Å². The summed E-state index contributed by atoms with van der Waals surface area (Å²) in [5.41, 5.74) is 5.60. The van der Waals surface area contributed by atoms with E-state index in [9.17, 15) is 0 Å². The van der Waals surface area contributed by atoms with Gasteiger partial charge in [-0.3, -0.25) is 0 Å². The quantitative estimate of drug-likeness (QED) is 0.515. The molecule has 2 N–H and O–H groups in total. The van der Waals surface area contributed by atoms with Crippen molar-refractivity contribution in [2.75, 3.05) is 5.75 Å². The molecule has 0 aromatic carbocycles. The Bertz CT molecular complexity index is 50.0. The second-order valence-electron chi connectivity index (χ2n) is 1.91. The van der Waals surface area contributed by atoms with Crippen molar-refractivity contribution in [3.63, 3.8) is 0 Å². The van der Waals surface area contributed by atoms with Gasteiger partial charge < -0.3 is 5.73 Å².